The van der Waals surface area contributed by atoms with Crippen LogP contribution in [0.5, 0.6) is 5.75 Å². The van der Waals surface area contributed by atoms with Gasteiger partial charge < -0.3 is 10.1 Å². The third-order valence-corrected chi connectivity index (χ3v) is 4.13. The minimum Gasteiger partial charge on any atom is -0.483 e. The van der Waals surface area contributed by atoms with E-state index in [4.69, 9.17) is 16.3 Å². The van der Waals surface area contributed by atoms with Crippen LogP contribution < -0.4 is 10.1 Å². The third-order valence-electron chi connectivity index (χ3n) is 3.28. The van der Waals surface area contributed by atoms with Crippen LogP contribution >= 0.6 is 27.5 Å². The molecule has 1 saturated carbocycles. The molecule has 0 saturated heterocycles. The number of carbonyl (C=O) groups is 1. The Morgan fingerprint density at radius 3 is 2.90 bits per heavy atom. The summed E-state index contributed by atoms with van der Waals surface area (Å²) in [6, 6.07) is 7.24. The first-order valence-corrected chi connectivity index (χ1v) is 7.42. The molecule has 1 fully saturated rings. The molecule has 6 heteroatoms. The fourth-order valence-electron chi connectivity index (χ4n) is 1.94. The van der Waals surface area contributed by atoms with Crippen LogP contribution in [0.1, 0.15) is 19.8 Å². The summed E-state index contributed by atoms with van der Waals surface area (Å²) in [7, 11) is 0. The van der Waals surface area contributed by atoms with Crippen molar-refractivity contribution in [1.82, 2.24) is 5.32 Å². The number of amides is 1. The Hall–Kier alpha value is -1.25. The van der Waals surface area contributed by atoms with E-state index in [2.05, 4.69) is 27.3 Å². The van der Waals surface area contributed by atoms with Gasteiger partial charge in [0.05, 0.1) is 10.5 Å². The highest BCUT2D eigenvalue weighted by atomic mass is 79.9. The zero-order valence-electron chi connectivity index (χ0n) is 11.0. The van der Waals surface area contributed by atoms with Crippen LogP contribution in [0, 0.1) is 17.2 Å². The Morgan fingerprint density at radius 2 is 2.35 bits per heavy atom. The number of hydrogen-bond donors (Lipinski definition) is 1. The highest BCUT2D eigenvalue weighted by Gasteiger charge is 2.43. The van der Waals surface area contributed by atoms with Crippen molar-refractivity contribution < 1.29 is 9.53 Å². The van der Waals surface area contributed by atoms with E-state index in [1.807, 2.05) is 0 Å². The highest BCUT2D eigenvalue weighted by Crippen LogP contribution is 2.39. The van der Waals surface area contributed by atoms with E-state index >= 15 is 0 Å². The molecule has 1 atom stereocenters. The molecular weight excluding hydrogens is 344 g/mol. The van der Waals surface area contributed by atoms with Crippen LogP contribution in [-0.2, 0) is 4.79 Å². The highest BCUT2D eigenvalue weighted by molar-refractivity contribution is 9.10. The van der Waals surface area contributed by atoms with Gasteiger partial charge in [0.1, 0.15) is 11.3 Å². The monoisotopic (exact) mass is 356 g/mol. The molecule has 0 bridgehead atoms. The number of ether oxygens (including phenoxy) is 1. The zero-order valence-corrected chi connectivity index (χ0v) is 13.3. The molecule has 1 amide bonds. The van der Waals surface area contributed by atoms with E-state index in [0.717, 1.165) is 12.8 Å². The van der Waals surface area contributed by atoms with Crippen molar-refractivity contribution in [2.45, 2.75) is 25.3 Å². The van der Waals surface area contributed by atoms with Gasteiger partial charge in [0, 0.05) is 5.02 Å². The molecule has 0 heterocycles. The summed E-state index contributed by atoms with van der Waals surface area (Å²) in [6.07, 6.45) is 1.96. The molecule has 1 aliphatic carbocycles. The third kappa shape index (κ3) is 3.65. The lowest BCUT2D eigenvalue weighted by atomic mass is 9.98. The summed E-state index contributed by atoms with van der Waals surface area (Å²) in [4.78, 5) is 11.9. The average molecular weight is 358 g/mol. The number of carbonyl (C=O) groups excluding carboxylic acids is 1. The van der Waals surface area contributed by atoms with Crippen molar-refractivity contribution in [1.29, 1.82) is 5.26 Å². The SMILES string of the molecule is CC(C#N)(NC(=O)COc1ccc(Cl)cc1Br)C1CC1. The molecule has 0 aliphatic heterocycles. The van der Waals surface area contributed by atoms with Gasteiger partial charge in [0.15, 0.2) is 6.61 Å². The molecule has 0 radical (unpaired) electrons. The number of rotatable bonds is 5. The lowest BCUT2D eigenvalue weighted by molar-refractivity contribution is -0.124. The Labute approximate surface area is 131 Å². The van der Waals surface area contributed by atoms with E-state index in [-0.39, 0.29) is 18.4 Å². The van der Waals surface area contributed by atoms with Crippen molar-refractivity contribution in [3.05, 3.63) is 27.7 Å². The average Bonchev–Trinajstić information content (AvgIpc) is 3.22. The Kier molecular flexibility index (Phi) is 4.56. The maximum atomic E-state index is 11.9. The maximum absolute atomic E-state index is 11.9. The van der Waals surface area contributed by atoms with Crippen molar-refractivity contribution in [3.8, 4) is 11.8 Å². The molecule has 106 valence electrons. The number of benzene rings is 1. The van der Waals surface area contributed by atoms with Crippen LogP contribution in [-0.4, -0.2) is 18.1 Å². The van der Waals surface area contributed by atoms with Crippen LogP contribution in [0.3, 0.4) is 0 Å². The number of nitrogens with zero attached hydrogens (tertiary/aromatic N) is 1. The fraction of sp³-hybridized carbons (Fsp3) is 0.429. The summed E-state index contributed by atoms with van der Waals surface area (Å²) in [6.45, 7) is 1.62. The Morgan fingerprint density at radius 1 is 1.65 bits per heavy atom. The molecule has 1 unspecified atom stereocenters. The van der Waals surface area contributed by atoms with E-state index in [1.54, 1.807) is 25.1 Å². The predicted molar refractivity (Wildman–Crippen MR) is 79.5 cm³/mol. The van der Waals surface area contributed by atoms with E-state index in [9.17, 15) is 10.1 Å². The minimum absolute atomic E-state index is 0.135. The number of halogens is 2. The van der Waals surface area contributed by atoms with Crippen molar-refractivity contribution in [3.63, 3.8) is 0 Å². The molecule has 20 heavy (non-hydrogen) atoms. The minimum atomic E-state index is -0.794. The second kappa shape index (κ2) is 6.02. The molecular formula is C14H14BrClN2O2. The second-order valence-electron chi connectivity index (χ2n) is 5.00. The van der Waals surface area contributed by atoms with Crippen molar-refractivity contribution >= 4 is 33.4 Å². The quantitative estimate of drug-likeness (QED) is 0.879. The van der Waals surface area contributed by atoms with Crippen molar-refractivity contribution in [2.75, 3.05) is 6.61 Å². The van der Waals surface area contributed by atoms with Crippen LogP contribution in [0.2, 0.25) is 5.02 Å². The fourth-order valence-corrected chi connectivity index (χ4v) is 2.74. The van der Waals surface area contributed by atoms with Gasteiger partial charge >= 0.3 is 0 Å². The van der Waals surface area contributed by atoms with Crippen molar-refractivity contribution in [2.24, 2.45) is 5.92 Å². The van der Waals surface area contributed by atoms with E-state index < -0.39 is 5.54 Å². The smallest absolute Gasteiger partial charge is 0.259 e. The Balaban J connectivity index is 1.90. The Bertz CT molecular complexity index is 569. The van der Waals surface area contributed by atoms with Gasteiger partial charge in [-0.25, -0.2) is 0 Å². The molecule has 1 aromatic rings. The number of nitriles is 1. The first-order chi connectivity index (χ1) is 9.44. The topological polar surface area (TPSA) is 62.1 Å². The van der Waals surface area contributed by atoms with Crippen LogP contribution in [0.4, 0.5) is 0 Å². The van der Waals surface area contributed by atoms with Gasteiger partial charge in [-0.1, -0.05) is 11.6 Å². The summed E-state index contributed by atoms with van der Waals surface area (Å²) in [5, 5.41) is 12.5. The lowest BCUT2D eigenvalue weighted by Crippen LogP contribution is -2.48. The standard InChI is InChI=1S/C14H14BrClN2O2/c1-14(8-17,9-2-3-9)18-13(19)7-20-12-5-4-10(16)6-11(12)15/h4-6,9H,2-3,7H2,1H3,(H,18,19). The van der Waals surface area contributed by atoms with Crippen LogP contribution in [0.15, 0.2) is 22.7 Å². The summed E-state index contributed by atoms with van der Waals surface area (Å²) in [5.74, 6) is 0.483. The molecule has 1 N–H and O–H groups in total. The molecule has 1 aliphatic rings. The van der Waals surface area contributed by atoms with E-state index in [0.29, 0.717) is 15.2 Å². The van der Waals surface area contributed by atoms with Gasteiger partial charge in [0.2, 0.25) is 0 Å². The largest absolute Gasteiger partial charge is 0.483 e. The second-order valence-corrected chi connectivity index (χ2v) is 6.29. The molecule has 0 aromatic heterocycles. The van der Waals surface area contributed by atoms with Gasteiger partial charge in [-0.3, -0.25) is 4.79 Å². The molecule has 4 nitrogen and oxygen atoms in total. The lowest BCUT2D eigenvalue weighted by Gasteiger charge is -2.22. The predicted octanol–water partition coefficient (Wildman–Crippen LogP) is 3.29. The molecule has 1 aromatic carbocycles. The first kappa shape index (κ1) is 15.1. The maximum Gasteiger partial charge on any atom is 0.259 e. The van der Waals surface area contributed by atoms with Gasteiger partial charge in [-0.2, -0.15) is 5.26 Å². The van der Waals surface area contributed by atoms with E-state index in [1.165, 1.54) is 0 Å². The van der Waals surface area contributed by atoms with Gasteiger partial charge in [-0.15, -0.1) is 0 Å². The first-order valence-electron chi connectivity index (χ1n) is 6.25. The number of nitrogens with one attached hydrogen (secondary N) is 1. The molecule has 0 spiro atoms. The normalized spacial score (nSPS) is 16.9. The van der Waals surface area contributed by atoms with Gasteiger partial charge in [-0.05, 0) is 59.8 Å². The summed E-state index contributed by atoms with van der Waals surface area (Å²) >= 11 is 9.14. The van der Waals surface area contributed by atoms with Crippen LogP contribution in [0.25, 0.3) is 0 Å². The van der Waals surface area contributed by atoms with Gasteiger partial charge in [0.25, 0.3) is 5.91 Å². The number of hydrogen-bond acceptors (Lipinski definition) is 3. The summed E-state index contributed by atoms with van der Waals surface area (Å²) < 4.78 is 6.10. The summed E-state index contributed by atoms with van der Waals surface area (Å²) in [5.41, 5.74) is -0.794. The molecule has 2 rings (SSSR count). The zero-order chi connectivity index (χ0) is 14.8.